The Labute approximate surface area is 200 Å². The van der Waals surface area contributed by atoms with E-state index in [0.717, 1.165) is 31.5 Å². The second-order valence-electron chi connectivity index (χ2n) is 8.15. The number of piperidine rings is 1. The maximum atomic E-state index is 13.2. The van der Waals surface area contributed by atoms with E-state index in [-0.39, 0.29) is 18.2 Å². The van der Waals surface area contributed by atoms with Gasteiger partial charge in [0.1, 0.15) is 5.82 Å². The largest absolute Gasteiger partial charge is 0.341 e. The van der Waals surface area contributed by atoms with Crippen LogP contribution in [0.5, 0.6) is 0 Å². The van der Waals surface area contributed by atoms with Crippen LogP contribution in [-0.2, 0) is 0 Å². The van der Waals surface area contributed by atoms with E-state index in [0.29, 0.717) is 29.5 Å². The fraction of sp³-hybridized carbons (Fsp3) is 0.333. The Morgan fingerprint density at radius 3 is 2.24 bits per heavy atom. The van der Waals surface area contributed by atoms with Crippen molar-refractivity contribution >= 4 is 42.2 Å². The number of hydrogen-bond acceptors (Lipinski definition) is 7. The molecule has 1 aromatic heterocycles. The van der Waals surface area contributed by atoms with Gasteiger partial charge >= 0.3 is 0 Å². The summed E-state index contributed by atoms with van der Waals surface area (Å²) in [5.74, 6) is 1.53. The molecule has 174 valence electrons. The lowest BCUT2D eigenvalue weighted by atomic mass is 10.0. The minimum absolute atomic E-state index is 0. The van der Waals surface area contributed by atoms with Crippen LogP contribution in [0.1, 0.15) is 50.2 Å². The van der Waals surface area contributed by atoms with Crippen LogP contribution in [0.25, 0.3) is 0 Å². The molecule has 2 N–H and O–H groups in total. The van der Waals surface area contributed by atoms with Gasteiger partial charge in [-0.05, 0) is 60.6 Å². The summed E-state index contributed by atoms with van der Waals surface area (Å²) in [4.78, 5) is 15.7. The van der Waals surface area contributed by atoms with E-state index in [2.05, 4.69) is 61.7 Å². The van der Waals surface area contributed by atoms with E-state index >= 15 is 0 Å². The Kier molecular flexibility index (Phi) is 8.54. The summed E-state index contributed by atoms with van der Waals surface area (Å²) in [5.41, 5.74) is 5.89. The Morgan fingerprint density at radius 1 is 0.909 bits per heavy atom. The van der Waals surface area contributed by atoms with Gasteiger partial charge in [-0.3, -0.25) is 0 Å². The van der Waals surface area contributed by atoms with Crippen LogP contribution in [0, 0.1) is 5.82 Å². The van der Waals surface area contributed by atoms with Crippen molar-refractivity contribution in [2.45, 2.75) is 39.0 Å². The second-order valence-corrected chi connectivity index (χ2v) is 8.15. The van der Waals surface area contributed by atoms with Crippen LogP contribution in [0.3, 0.4) is 0 Å². The van der Waals surface area contributed by atoms with Crippen molar-refractivity contribution in [3.63, 3.8) is 0 Å². The van der Waals surface area contributed by atoms with Crippen molar-refractivity contribution in [2.75, 3.05) is 28.7 Å². The van der Waals surface area contributed by atoms with Crippen LogP contribution in [0.2, 0.25) is 0 Å². The van der Waals surface area contributed by atoms with E-state index in [1.807, 2.05) is 12.1 Å². The smallest absolute Gasteiger partial charge is 0.250 e. The minimum Gasteiger partial charge on any atom is -0.341 e. The van der Waals surface area contributed by atoms with Crippen molar-refractivity contribution in [2.24, 2.45) is 5.10 Å². The quantitative estimate of drug-likeness (QED) is 0.339. The van der Waals surface area contributed by atoms with E-state index in [4.69, 9.17) is 0 Å². The van der Waals surface area contributed by atoms with Crippen molar-refractivity contribution in [1.29, 1.82) is 0 Å². The third-order valence-corrected chi connectivity index (χ3v) is 5.34. The molecule has 9 heteroatoms. The van der Waals surface area contributed by atoms with Gasteiger partial charge in [0.05, 0.1) is 6.21 Å². The lowest BCUT2D eigenvalue weighted by Crippen LogP contribution is -2.31. The normalized spacial score (nSPS) is 13.8. The minimum atomic E-state index is -0.293. The van der Waals surface area contributed by atoms with Crippen molar-refractivity contribution in [3.8, 4) is 0 Å². The molecule has 0 saturated carbocycles. The predicted octanol–water partition coefficient (Wildman–Crippen LogP) is 5.74. The summed E-state index contributed by atoms with van der Waals surface area (Å²) in [5, 5.41) is 7.44. The fourth-order valence-electron chi connectivity index (χ4n) is 3.50. The molecule has 0 radical (unpaired) electrons. The summed E-state index contributed by atoms with van der Waals surface area (Å²) in [6.45, 7) is 6.15. The number of rotatable bonds is 7. The van der Waals surface area contributed by atoms with Gasteiger partial charge in [-0.25, -0.2) is 9.82 Å². The molecule has 3 aromatic rings. The van der Waals surface area contributed by atoms with Gasteiger partial charge in [-0.1, -0.05) is 38.1 Å². The number of hydrazone groups is 1. The molecule has 0 atom stereocenters. The molecule has 33 heavy (non-hydrogen) atoms. The first kappa shape index (κ1) is 24.4. The van der Waals surface area contributed by atoms with Crippen molar-refractivity contribution in [1.82, 2.24) is 15.0 Å². The molecule has 2 aromatic carbocycles. The van der Waals surface area contributed by atoms with Crippen LogP contribution in [0.4, 0.5) is 27.9 Å². The lowest BCUT2D eigenvalue weighted by Gasteiger charge is -2.26. The monoisotopic (exact) mass is 469 g/mol. The molecule has 1 saturated heterocycles. The molecule has 1 aliphatic heterocycles. The highest BCUT2D eigenvalue weighted by atomic mass is 35.5. The Balaban J connectivity index is 0.00000306. The summed E-state index contributed by atoms with van der Waals surface area (Å²) >= 11 is 0. The molecule has 1 fully saturated rings. The summed E-state index contributed by atoms with van der Waals surface area (Å²) in [7, 11) is 0. The van der Waals surface area contributed by atoms with Crippen molar-refractivity contribution in [3.05, 3.63) is 65.5 Å². The number of anilines is 4. The van der Waals surface area contributed by atoms with Crippen LogP contribution in [0.15, 0.2) is 53.6 Å². The number of nitrogens with zero attached hydrogens (tertiary/aromatic N) is 5. The van der Waals surface area contributed by atoms with E-state index < -0.39 is 0 Å². The van der Waals surface area contributed by atoms with E-state index in [9.17, 15) is 4.39 Å². The van der Waals surface area contributed by atoms with Gasteiger partial charge in [-0.15, -0.1) is 12.4 Å². The average molecular weight is 470 g/mol. The highest BCUT2D eigenvalue weighted by molar-refractivity contribution is 5.85. The molecule has 1 aliphatic rings. The zero-order chi connectivity index (χ0) is 22.3. The molecule has 7 nitrogen and oxygen atoms in total. The zero-order valence-corrected chi connectivity index (χ0v) is 19.6. The van der Waals surface area contributed by atoms with E-state index in [1.165, 1.54) is 24.1 Å². The maximum Gasteiger partial charge on any atom is 0.250 e. The third-order valence-electron chi connectivity index (χ3n) is 5.34. The highest BCUT2D eigenvalue weighted by Gasteiger charge is 2.16. The number of nitrogens with one attached hydrogen (secondary N) is 2. The number of aromatic nitrogens is 3. The van der Waals surface area contributed by atoms with Gasteiger partial charge in [0, 0.05) is 18.8 Å². The molecular formula is C24H29ClFN7. The number of benzene rings is 2. The fourth-order valence-corrected chi connectivity index (χ4v) is 3.50. The van der Waals surface area contributed by atoms with Gasteiger partial charge in [0.25, 0.3) is 0 Å². The highest BCUT2D eigenvalue weighted by Crippen LogP contribution is 2.21. The molecule has 0 amide bonds. The molecule has 0 spiro atoms. The molecule has 0 aliphatic carbocycles. The average Bonchev–Trinajstić information content (AvgIpc) is 2.81. The van der Waals surface area contributed by atoms with E-state index in [1.54, 1.807) is 18.3 Å². The third kappa shape index (κ3) is 6.86. The number of hydrogen-bond donors (Lipinski definition) is 2. The predicted molar refractivity (Wildman–Crippen MR) is 135 cm³/mol. The molecule has 4 rings (SSSR count). The lowest BCUT2D eigenvalue weighted by molar-refractivity contribution is 0.568. The SMILES string of the molecule is CC(C)c1ccc(/C=N/Nc2nc(Nc3ccc(F)cc3)nc(N3CCCCC3)n2)cc1.Cl. The first-order valence-corrected chi connectivity index (χ1v) is 11.0. The second kappa shape index (κ2) is 11.6. The first-order chi connectivity index (χ1) is 15.6. The van der Waals surface area contributed by atoms with Gasteiger partial charge in [-0.2, -0.15) is 20.1 Å². The van der Waals surface area contributed by atoms with Gasteiger partial charge in [0.15, 0.2) is 0 Å². The van der Waals surface area contributed by atoms with Crippen molar-refractivity contribution < 1.29 is 4.39 Å². The Hall–Kier alpha value is -3.26. The topological polar surface area (TPSA) is 78.3 Å². The molecular weight excluding hydrogens is 441 g/mol. The standard InChI is InChI=1S/C24H28FN7.ClH/c1-17(2)19-8-6-18(7-9-19)16-26-31-23-28-22(27-21-12-10-20(25)11-13-21)29-24(30-23)32-14-4-3-5-15-32;/h6-13,16-17H,3-5,14-15H2,1-2H3,(H2,27,28,29,30,31);1H/b26-16+;. The van der Waals surface area contributed by atoms with Crippen LogP contribution in [-0.4, -0.2) is 34.3 Å². The zero-order valence-electron chi connectivity index (χ0n) is 18.8. The van der Waals surface area contributed by atoms with Crippen LogP contribution < -0.4 is 15.6 Å². The molecule has 2 heterocycles. The van der Waals surface area contributed by atoms with Gasteiger partial charge < -0.3 is 10.2 Å². The Bertz CT molecular complexity index is 1050. The van der Waals surface area contributed by atoms with Crippen LogP contribution >= 0.6 is 12.4 Å². The van der Waals surface area contributed by atoms with Gasteiger partial charge in [0.2, 0.25) is 17.8 Å². The first-order valence-electron chi connectivity index (χ1n) is 11.0. The summed E-state index contributed by atoms with van der Waals surface area (Å²) < 4.78 is 13.2. The summed E-state index contributed by atoms with van der Waals surface area (Å²) in [6.07, 6.45) is 5.17. The summed E-state index contributed by atoms with van der Waals surface area (Å²) in [6, 6.07) is 14.4. The molecule has 0 unspecified atom stereocenters. The Morgan fingerprint density at radius 2 is 1.58 bits per heavy atom. The number of halogens is 2. The maximum absolute atomic E-state index is 13.2. The molecule has 0 bridgehead atoms.